The molecule has 0 unspecified atom stereocenters. The number of aliphatic hydroxyl groups is 4. The smallest absolute Gasteiger partial charge is 0.408 e. The molecule has 1 aromatic carbocycles. The quantitative estimate of drug-likeness (QED) is 0.319. The molecule has 1 aliphatic rings. The van der Waals surface area contributed by atoms with Gasteiger partial charge in [-0.15, -0.1) is 0 Å². The van der Waals surface area contributed by atoms with E-state index in [4.69, 9.17) is 14.2 Å². The molecule has 1 saturated heterocycles. The van der Waals surface area contributed by atoms with Crippen LogP contribution in [0.1, 0.15) is 26.3 Å². The number of aliphatic carboxylic acids is 1. The van der Waals surface area contributed by atoms with Gasteiger partial charge in [-0.2, -0.15) is 0 Å². The summed E-state index contributed by atoms with van der Waals surface area (Å²) in [6, 6.07) is 4.89. The van der Waals surface area contributed by atoms with Gasteiger partial charge in [-0.1, -0.05) is 12.1 Å². The Bertz CT molecular complexity index is 745. The average molecular weight is 443 g/mol. The van der Waals surface area contributed by atoms with Gasteiger partial charge in [0.05, 0.1) is 6.61 Å². The third-order valence-electron chi connectivity index (χ3n) is 4.45. The number of benzene rings is 1. The van der Waals surface area contributed by atoms with Crippen LogP contribution in [0.4, 0.5) is 4.79 Å². The third kappa shape index (κ3) is 7.04. The maximum absolute atomic E-state index is 11.9. The van der Waals surface area contributed by atoms with Gasteiger partial charge < -0.3 is 45.1 Å². The van der Waals surface area contributed by atoms with Crippen molar-refractivity contribution in [3.05, 3.63) is 29.8 Å². The molecule has 0 bridgehead atoms. The highest BCUT2D eigenvalue weighted by Gasteiger charge is 2.44. The lowest BCUT2D eigenvalue weighted by atomic mass is 9.99. The van der Waals surface area contributed by atoms with E-state index in [0.29, 0.717) is 5.56 Å². The Kier molecular flexibility index (Phi) is 8.21. The van der Waals surface area contributed by atoms with Crippen molar-refractivity contribution in [1.29, 1.82) is 0 Å². The second-order valence-corrected chi connectivity index (χ2v) is 8.20. The zero-order valence-electron chi connectivity index (χ0n) is 17.5. The number of carboxylic acid groups (broad SMARTS) is 1. The molecule has 174 valence electrons. The standard InChI is InChI=1S/C20H29NO10/c1-20(2,3)31-19(28)21-12(17(26)27)8-10-4-6-11(7-5-10)29-18-16(25)15(24)14(23)13(9-22)30-18/h4-7,12-16,18,22-25H,8-9H2,1-3H3,(H,21,28)(H,26,27)/t12-,13+,14+,15-,16+,18+/m0/s1. The number of ether oxygens (including phenoxy) is 3. The predicted octanol–water partition coefficient (Wildman–Crippen LogP) is -0.614. The Balaban J connectivity index is 2.00. The molecule has 11 nitrogen and oxygen atoms in total. The van der Waals surface area contributed by atoms with Gasteiger partial charge in [-0.25, -0.2) is 9.59 Å². The predicted molar refractivity (Wildman–Crippen MR) is 105 cm³/mol. The number of hydrogen-bond acceptors (Lipinski definition) is 9. The van der Waals surface area contributed by atoms with Gasteiger partial charge in [0.25, 0.3) is 0 Å². The average Bonchev–Trinajstić information content (AvgIpc) is 2.67. The largest absolute Gasteiger partial charge is 0.480 e. The van der Waals surface area contributed by atoms with Gasteiger partial charge >= 0.3 is 12.1 Å². The van der Waals surface area contributed by atoms with Crippen LogP contribution in [0.5, 0.6) is 5.75 Å². The van der Waals surface area contributed by atoms with Crippen molar-refractivity contribution in [3.63, 3.8) is 0 Å². The van der Waals surface area contributed by atoms with Crippen molar-refractivity contribution < 1.29 is 49.3 Å². The van der Waals surface area contributed by atoms with E-state index in [9.17, 15) is 35.1 Å². The molecule has 0 aliphatic carbocycles. The zero-order valence-corrected chi connectivity index (χ0v) is 17.5. The summed E-state index contributed by atoms with van der Waals surface area (Å²) in [5.41, 5.74) is -0.194. The fourth-order valence-corrected chi connectivity index (χ4v) is 2.89. The van der Waals surface area contributed by atoms with Crippen LogP contribution in [-0.4, -0.2) is 86.6 Å². The SMILES string of the molecule is CC(C)(C)OC(=O)N[C@@H](Cc1ccc(O[C@@H]2O[C@H](CO)[C@@H](O)[C@H](O)[C@H]2O)cc1)C(=O)O. The van der Waals surface area contributed by atoms with E-state index < -0.39 is 61.0 Å². The number of amides is 1. The molecule has 1 aromatic rings. The number of aliphatic hydroxyl groups excluding tert-OH is 4. The highest BCUT2D eigenvalue weighted by atomic mass is 16.7. The molecule has 1 aliphatic heterocycles. The van der Waals surface area contributed by atoms with E-state index in [2.05, 4.69) is 5.32 Å². The molecule has 0 saturated carbocycles. The van der Waals surface area contributed by atoms with E-state index >= 15 is 0 Å². The lowest BCUT2D eigenvalue weighted by Crippen LogP contribution is -2.60. The van der Waals surface area contributed by atoms with E-state index in [-0.39, 0.29) is 12.2 Å². The maximum atomic E-state index is 11.9. The molecular formula is C20H29NO10. The molecule has 0 aromatic heterocycles. The number of alkyl carbamates (subject to hydrolysis) is 1. The van der Waals surface area contributed by atoms with Gasteiger partial charge in [0.1, 0.15) is 41.8 Å². The summed E-state index contributed by atoms with van der Waals surface area (Å²) in [6.07, 6.45) is -7.90. The van der Waals surface area contributed by atoms with Crippen LogP contribution in [0.25, 0.3) is 0 Å². The molecule has 0 spiro atoms. The van der Waals surface area contributed by atoms with Crippen LogP contribution in [0.3, 0.4) is 0 Å². The number of nitrogens with one attached hydrogen (secondary N) is 1. The van der Waals surface area contributed by atoms with Crippen LogP contribution in [0, 0.1) is 0 Å². The van der Waals surface area contributed by atoms with Crippen molar-refractivity contribution in [2.75, 3.05) is 6.61 Å². The van der Waals surface area contributed by atoms with Crippen LogP contribution in [0.2, 0.25) is 0 Å². The molecule has 6 atom stereocenters. The third-order valence-corrected chi connectivity index (χ3v) is 4.45. The summed E-state index contributed by atoms with van der Waals surface area (Å²) in [5.74, 6) is -0.993. The highest BCUT2D eigenvalue weighted by molar-refractivity contribution is 5.80. The van der Waals surface area contributed by atoms with Gasteiger partial charge in [0.15, 0.2) is 0 Å². The first-order chi connectivity index (χ1) is 14.4. The molecule has 1 heterocycles. The van der Waals surface area contributed by atoms with E-state index in [0.717, 1.165) is 0 Å². The van der Waals surface area contributed by atoms with Crippen molar-refractivity contribution in [1.82, 2.24) is 5.32 Å². The Labute approximate surface area is 179 Å². The first-order valence-corrected chi connectivity index (χ1v) is 9.69. The van der Waals surface area contributed by atoms with Crippen LogP contribution in [0.15, 0.2) is 24.3 Å². The van der Waals surface area contributed by atoms with E-state index in [1.165, 1.54) is 12.1 Å². The summed E-state index contributed by atoms with van der Waals surface area (Å²) >= 11 is 0. The second kappa shape index (κ2) is 10.2. The minimum Gasteiger partial charge on any atom is -0.480 e. The first-order valence-electron chi connectivity index (χ1n) is 9.69. The fourth-order valence-electron chi connectivity index (χ4n) is 2.89. The molecular weight excluding hydrogens is 414 g/mol. The summed E-state index contributed by atoms with van der Waals surface area (Å²) < 4.78 is 15.8. The second-order valence-electron chi connectivity index (χ2n) is 8.20. The monoisotopic (exact) mass is 443 g/mol. The number of carbonyl (C=O) groups is 2. The van der Waals surface area contributed by atoms with E-state index in [1.807, 2.05) is 0 Å². The normalized spacial score (nSPS) is 27.3. The summed E-state index contributed by atoms with van der Waals surface area (Å²) in [6.45, 7) is 4.41. The number of hydrogen-bond donors (Lipinski definition) is 6. The van der Waals surface area contributed by atoms with Crippen molar-refractivity contribution in [2.45, 2.75) is 69.5 Å². The molecule has 0 radical (unpaired) electrons. The van der Waals surface area contributed by atoms with Gasteiger partial charge in [-0.3, -0.25) is 0 Å². The first kappa shape index (κ1) is 24.8. The lowest BCUT2D eigenvalue weighted by Gasteiger charge is -2.39. The number of rotatable bonds is 7. The van der Waals surface area contributed by atoms with Gasteiger partial charge in [0.2, 0.25) is 6.29 Å². The van der Waals surface area contributed by atoms with E-state index in [1.54, 1.807) is 32.9 Å². The molecule has 6 N–H and O–H groups in total. The lowest BCUT2D eigenvalue weighted by molar-refractivity contribution is -0.277. The molecule has 2 rings (SSSR count). The molecule has 31 heavy (non-hydrogen) atoms. The summed E-state index contributed by atoms with van der Waals surface area (Å²) in [4.78, 5) is 23.3. The topological polar surface area (TPSA) is 175 Å². The zero-order chi connectivity index (χ0) is 23.3. The molecule has 1 fully saturated rings. The Morgan fingerprint density at radius 3 is 2.23 bits per heavy atom. The molecule has 1 amide bonds. The Hall–Kier alpha value is -2.44. The number of carboxylic acids is 1. The summed E-state index contributed by atoms with van der Waals surface area (Å²) in [5, 5.41) is 50.5. The maximum Gasteiger partial charge on any atom is 0.408 e. The minimum absolute atomic E-state index is 0.0189. The van der Waals surface area contributed by atoms with Gasteiger partial charge in [0, 0.05) is 6.42 Å². The number of carbonyl (C=O) groups excluding carboxylic acids is 1. The fraction of sp³-hybridized carbons (Fsp3) is 0.600. The van der Waals surface area contributed by atoms with Crippen molar-refractivity contribution >= 4 is 12.1 Å². The Morgan fingerprint density at radius 1 is 1.10 bits per heavy atom. The van der Waals surface area contributed by atoms with Crippen LogP contribution >= 0.6 is 0 Å². The van der Waals surface area contributed by atoms with Crippen molar-refractivity contribution in [2.24, 2.45) is 0 Å². The Morgan fingerprint density at radius 2 is 1.71 bits per heavy atom. The summed E-state index contributed by atoms with van der Waals surface area (Å²) in [7, 11) is 0. The van der Waals surface area contributed by atoms with Gasteiger partial charge in [-0.05, 0) is 38.5 Å². The molecule has 11 heteroatoms. The minimum atomic E-state index is -1.56. The van der Waals surface area contributed by atoms with Crippen LogP contribution < -0.4 is 10.1 Å². The highest BCUT2D eigenvalue weighted by Crippen LogP contribution is 2.24. The van der Waals surface area contributed by atoms with Crippen molar-refractivity contribution in [3.8, 4) is 5.75 Å². The van der Waals surface area contributed by atoms with Crippen LogP contribution in [-0.2, 0) is 20.7 Å².